The lowest BCUT2D eigenvalue weighted by Gasteiger charge is -2.24. The Balaban J connectivity index is 2.68. The highest BCUT2D eigenvalue weighted by molar-refractivity contribution is 5.84. The largest absolute Gasteiger partial charge is 0.312 e. The number of para-hydroxylation sites is 1. The van der Waals surface area contributed by atoms with Crippen LogP contribution in [0.3, 0.4) is 0 Å². The van der Waals surface area contributed by atoms with Crippen LogP contribution < -0.4 is 5.62 Å². The van der Waals surface area contributed by atoms with Crippen molar-refractivity contribution >= 4 is 11.5 Å². The van der Waals surface area contributed by atoms with E-state index in [2.05, 4.69) is 95.1 Å². The van der Waals surface area contributed by atoms with Crippen molar-refractivity contribution in [3.05, 3.63) is 47.3 Å². The minimum Gasteiger partial charge on any atom is -0.312 e. The standard InChI is InChI=1S/C21H32N4/c1-15-11-10-12-16(2)18(15)22-17(3)23-19-24(20(4,5)6)13-14-25(19)21(7,8)9/h10-14H,1-9H3. The fraction of sp³-hybridized carbons (Fsp3) is 0.524. The second-order valence-electron chi connectivity index (χ2n) is 8.69. The molecule has 1 heterocycles. The molecule has 1 aromatic carbocycles. The molecule has 0 saturated carbocycles. The summed E-state index contributed by atoms with van der Waals surface area (Å²) < 4.78 is 4.42. The molecule has 0 atom stereocenters. The summed E-state index contributed by atoms with van der Waals surface area (Å²) in [6.07, 6.45) is 4.22. The van der Waals surface area contributed by atoms with E-state index in [0.717, 1.165) is 17.1 Å². The Hall–Kier alpha value is -2.10. The number of aliphatic imine (C=N–C) groups is 1. The number of rotatable bonds is 1. The van der Waals surface area contributed by atoms with Crippen LogP contribution in [0.15, 0.2) is 40.6 Å². The van der Waals surface area contributed by atoms with Gasteiger partial charge in [-0.25, -0.2) is 4.99 Å². The first-order valence-corrected chi connectivity index (χ1v) is 8.88. The number of amidine groups is 1. The van der Waals surface area contributed by atoms with Crippen molar-refractivity contribution in [1.82, 2.24) is 9.13 Å². The van der Waals surface area contributed by atoms with Gasteiger partial charge in [0.25, 0.3) is 0 Å². The Labute approximate surface area is 152 Å². The normalized spacial score (nSPS) is 13.2. The molecule has 2 aromatic rings. The molecule has 25 heavy (non-hydrogen) atoms. The van der Waals surface area contributed by atoms with Gasteiger partial charge in [0.15, 0.2) is 0 Å². The number of hydrogen-bond donors (Lipinski definition) is 0. The lowest BCUT2D eigenvalue weighted by Crippen LogP contribution is -2.41. The Kier molecular flexibility index (Phi) is 5.12. The van der Waals surface area contributed by atoms with Gasteiger partial charge in [0.1, 0.15) is 5.84 Å². The van der Waals surface area contributed by atoms with Crippen molar-refractivity contribution in [2.45, 2.75) is 73.4 Å². The molecule has 136 valence electrons. The zero-order valence-corrected chi connectivity index (χ0v) is 17.2. The quantitative estimate of drug-likeness (QED) is 0.513. The molecule has 0 bridgehead atoms. The maximum absolute atomic E-state index is 4.91. The van der Waals surface area contributed by atoms with Gasteiger partial charge >= 0.3 is 0 Å². The number of aromatic nitrogens is 2. The molecule has 0 N–H and O–H groups in total. The lowest BCUT2D eigenvalue weighted by atomic mass is 10.1. The van der Waals surface area contributed by atoms with Gasteiger partial charge in [-0.3, -0.25) is 0 Å². The van der Waals surface area contributed by atoms with Crippen LogP contribution in [0.4, 0.5) is 5.69 Å². The Morgan fingerprint density at radius 3 is 1.68 bits per heavy atom. The predicted octanol–water partition coefficient (Wildman–Crippen LogP) is 5.07. The topological polar surface area (TPSA) is 34.6 Å². The van der Waals surface area contributed by atoms with Gasteiger partial charge in [-0.1, -0.05) is 18.2 Å². The average Bonchev–Trinajstić information content (AvgIpc) is 2.86. The van der Waals surface area contributed by atoms with Crippen molar-refractivity contribution in [3.63, 3.8) is 0 Å². The van der Waals surface area contributed by atoms with Crippen LogP contribution >= 0.6 is 0 Å². The molecule has 1 aromatic heterocycles. The van der Waals surface area contributed by atoms with Gasteiger partial charge in [0.05, 0.1) is 5.69 Å². The molecular formula is C21H32N4. The van der Waals surface area contributed by atoms with E-state index in [4.69, 9.17) is 9.98 Å². The van der Waals surface area contributed by atoms with E-state index in [1.807, 2.05) is 6.92 Å². The number of aryl methyl sites for hydroxylation is 2. The first-order chi connectivity index (χ1) is 11.4. The fourth-order valence-electron chi connectivity index (χ4n) is 2.85. The predicted molar refractivity (Wildman–Crippen MR) is 107 cm³/mol. The zero-order chi connectivity index (χ0) is 19.0. The van der Waals surface area contributed by atoms with Crippen LogP contribution in [-0.2, 0) is 11.1 Å². The second-order valence-corrected chi connectivity index (χ2v) is 8.69. The molecule has 0 amide bonds. The number of nitrogens with zero attached hydrogens (tertiary/aromatic N) is 4. The van der Waals surface area contributed by atoms with Crippen LogP contribution in [0.1, 0.15) is 59.6 Å². The molecule has 0 fully saturated rings. The third-order valence-corrected chi connectivity index (χ3v) is 4.22. The van der Waals surface area contributed by atoms with E-state index in [1.165, 1.54) is 11.1 Å². The molecule has 0 aliphatic rings. The molecule has 4 heteroatoms. The van der Waals surface area contributed by atoms with Crippen molar-refractivity contribution < 1.29 is 0 Å². The van der Waals surface area contributed by atoms with Gasteiger partial charge in [-0.2, -0.15) is 4.99 Å². The Bertz CT molecular complexity index is 794. The molecule has 0 aliphatic heterocycles. The highest BCUT2D eigenvalue weighted by Crippen LogP contribution is 2.23. The molecule has 0 aliphatic carbocycles. The summed E-state index contributed by atoms with van der Waals surface area (Å²) in [6, 6.07) is 6.24. The second kappa shape index (κ2) is 6.66. The third kappa shape index (κ3) is 4.30. The highest BCUT2D eigenvalue weighted by atomic mass is 15.2. The smallest absolute Gasteiger partial charge is 0.212 e. The minimum absolute atomic E-state index is 0.0474. The molecular weight excluding hydrogens is 308 g/mol. The molecule has 2 rings (SSSR count). The summed E-state index contributed by atoms with van der Waals surface area (Å²) in [5.74, 6) is 0.764. The van der Waals surface area contributed by atoms with Crippen LogP contribution in [0.25, 0.3) is 0 Å². The molecule has 0 radical (unpaired) electrons. The fourth-order valence-corrected chi connectivity index (χ4v) is 2.85. The summed E-state index contributed by atoms with van der Waals surface area (Å²) in [5, 5.41) is 0. The summed E-state index contributed by atoms with van der Waals surface area (Å²) in [5.41, 5.74) is 4.18. The van der Waals surface area contributed by atoms with Gasteiger partial charge < -0.3 is 9.13 Å². The minimum atomic E-state index is -0.0474. The zero-order valence-electron chi connectivity index (χ0n) is 17.2. The van der Waals surface area contributed by atoms with Gasteiger partial charge in [0, 0.05) is 23.5 Å². The van der Waals surface area contributed by atoms with Crippen LogP contribution in [0, 0.1) is 13.8 Å². The summed E-state index contributed by atoms with van der Waals surface area (Å²) >= 11 is 0. The summed E-state index contributed by atoms with van der Waals surface area (Å²) in [7, 11) is 0. The van der Waals surface area contributed by atoms with Gasteiger partial charge in [-0.15, -0.1) is 0 Å². The van der Waals surface area contributed by atoms with E-state index in [1.54, 1.807) is 0 Å². The molecule has 0 spiro atoms. The van der Waals surface area contributed by atoms with E-state index in [0.29, 0.717) is 0 Å². The van der Waals surface area contributed by atoms with E-state index in [-0.39, 0.29) is 11.1 Å². The molecule has 0 unspecified atom stereocenters. The number of benzene rings is 1. The third-order valence-electron chi connectivity index (χ3n) is 4.22. The van der Waals surface area contributed by atoms with Crippen LogP contribution in [-0.4, -0.2) is 15.0 Å². The Morgan fingerprint density at radius 2 is 1.28 bits per heavy atom. The van der Waals surface area contributed by atoms with E-state index in [9.17, 15) is 0 Å². The van der Waals surface area contributed by atoms with Gasteiger partial charge in [-0.05, 0) is 73.4 Å². The van der Waals surface area contributed by atoms with Gasteiger partial charge in [0.2, 0.25) is 5.62 Å². The molecule has 4 nitrogen and oxygen atoms in total. The van der Waals surface area contributed by atoms with Crippen LogP contribution in [0.5, 0.6) is 0 Å². The maximum Gasteiger partial charge on any atom is 0.212 e. The van der Waals surface area contributed by atoms with E-state index >= 15 is 0 Å². The summed E-state index contributed by atoms with van der Waals surface area (Å²) in [6.45, 7) is 19.3. The van der Waals surface area contributed by atoms with Crippen molar-refractivity contribution in [3.8, 4) is 0 Å². The van der Waals surface area contributed by atoms with Crippen LogP contribution in [0.2, 0.25) is 0 Å². The lowest BCUT2D eigenvalue weighted by molar-refractivity contribution is 0.337. The van der Waals surface area contributed by atoms with Crippen molar-refractivity contribution in [1.29, 1.82) is 0 Å². The average molecular weight is 341 g/mol. The monoisotopic (exact) mass is 340 g/mol. The highest BCUT2D eigenvalue weighted by Gasteiger charge is 2.21. The van der Waals surface area contributed by atoms with E-state index < -0.39 is 0 Å². The molecule has 0 saturated heterocycles. The first kappa shape index (κ1) is 19.2. The maximum atomic E-state index is 4.91. The summed E-state index contributed by atoms with van der Waals surface area (Å²) in [4.78, 5) is 9.71. The van der Waals surface area contributed by atoms with Crippen molar-refractivity contribution in [2.24, 2.45) is 9.98 Å². The van der Waals surface area contributed by atoms with Crippen molar-refractivity contribution in [2.75, 3.05) is 0 Å². The SMILES string of the molecule is CC(=Nc1c(C)cccc1C)N=c1n(C(C)(C)C)ccn1C(C)(C)C. The number of imidazole rings is 1. The Morgan fingerprint density at radius 1 is 0.840 bits per heavy atom. The number of hydrogen-bond acceptors (Lipinski definition) is 1. The first-order valence-electron chi connectivity index (χ1n) is 8.88.